The third-order valence-electron chi connectivity index (χ3n) is 5.76. The van der Waals surface area contributed by atoms with Crippen LogP contribution >= 0.6 is 0 Å². The summed E-state index contributed by atoms with van der Waals surface area (Å²) in [5.74, 6) is 0. The van der Waals surface area contributed by atoms with E-state index in [2.05, 4.69) is 50.3 Å². The molecule has 3 aliphatic rings. The molecule has 0 spiro atoms. The molecule has 1 aromatic rings. The van der Waals surface area contributed by atoms with Gasteiger partial charge in [0, 0.05) is 62.4 Å². The van der Waals surface area contributed by atoms with Crippen LogP contribution in [0.5, 0.6) is 0 Å². The van der Waals surface area contributed by atoms with Gasteiger partial charge in [-0.1, -0.05) is 6.07 Å². The number of piperazine rings is 1. The fraction of sp³-hybridized carbons (Fsp3) is 0.550. The lowest BCUT2D eigenvalue weighted by Gasteiger charge is -2.38. The molecule has 2 saturated heterocycles. The highest BCUT2D eigenvalue weighted by molar-refractivity contribution is 5.69. The molecule has 1 atom stereocenters. The van der Waals surface area contributed by atoms with Crippen molar-refractivity contribution in [2.45, 2.75) is 24.9 Å². The number of hydrogen-bond donors (Lipinski definition) is 2. The minimum absolute atomic E-state index is 0.793. The van der Waals surface area contributed by atoms with E-state index in [4.69, 9.17) is 5.73 Å². The van der Waals surface area contributed by atoms with Crippen LogP contribution in [0.4, 0.5) is 11.4 Å². The Hall–Kier alpha value is -2.05. The third kappa shape index (κ3) is 3.44. The summed E-state index contributed by atoms with van der Waals surface area (Å²) in [5, 5.41) is 3.00. The first kappa shape index (κ1) is 17.4. The van der Waals surface area contributed by atoms with Crippen molar-refractivity contribution in [2.24, 2.45) is 10.7 Å². The van der Waals surface area contributed by atoms with Crippen molar-refractivity contribution in [3.63, 3.8) is 0 Å². The van der Waals surface area contributed by atoms with E-state index in [1.165, 1.54) is 30.6 Å². The lowest BCUT2D eigenvalue weighted by atomic mass is 9.95. The molecule has 3 heterocycles. The second-order valence-corrected chi connectivity index (χ2v) is 7.62. The van der Waals surface area contributed by atoms with Gasteiger partial charge in [0.15, 0.2) is 5.66 Å². The quantitative estimate of drug-likeness (QED) is 0.865. The van der Waals surface area contributed by atoms with Crippen molar-refractivity contribution in [3.05, 3.63) is 36.0 Å². The summed E-state index contributed by atoms with van der Waals surface area (Å²) in [6.07, 6.45) is 9.33. The van der Waals surface area contributed by atoms with Crippen LogP contribution < -0.4 is 20.9 Å². The highest BCUT2D eigenvalue weighted by atomic mass is 15.3. The average Bonchev–Trinajstić information content (AvgIpc) is 2.69. The minimum Gasteiger partial charge on any atom is -0.371 e. The minimum atomic E-state index is -0.793. The molecule has 2 fully saturated rings. The zero-order valence-corrected chi connectivity index (χ0v) is 15.7. The molecule has 4 rings (SSSR count). The van der Waals surface area contributed by atoms with Crippen LogP contribution in [0.25, 0.3) is 0 Å². The van der Waals surface area contributed by atoms with Crippen LogP contribution in [-0.4, -0.2) is 57.6 Å². The molecule has 6 heteroatoms. The van der Waals surface area contributed by atoms with Crippen LogP contribution in [0.15, 0.2) is 35.5 Å². The Labute approximate surface area is 156 Å². The van der Waals surface area contributed by atoms with Crippen LogP contribution in [0.3, 0.4) is 0 Å². The molecular formula is C20H30N6. The molecule has 0 aliphatic carbocycles. The second-order valence-electron chi connectivity index (χ2n) is 7.62. The fourth-order valence-electron chi connectivity index (χ4n) is 4.08. The number of rotatable bonds is 3. The largest absolute Gasteiger partial charge is 0.371 e. The summed E-state index contributed by atoms with van der Waals surface area (Å²) in [6.45, 7) is 6.57. The molecule has 26 heavy (non-hydrogen) atoms. The van der Waals surface area contributed by atoms with Gasteiger partial charge in [0.2, 0.25) is 0 Å². The molecule has 1 aromatic carbocycles. The van der Waals surface area contributed by atoms with Gasteiger partial charge in [-0.2, -0.15) is 0 Å². The Balaban J connectivity index is 1.70. The predicted molar refractivity (Wildman–Crippen MR) is 109 cm³/mol. The van der Waals surface area contributed by atoms with Gasteiger partial charge < -0.3 is 20.0 Å². The number of nitrogens with one attached hydrogen (secondary N) is 1. The summed E-state index contributed by atoms with van der Waals surface area (Å²) in [5.41, 5.74) is 9.50. The number of likely N-dealkylation sites (N-methyl/N-ethyl adjacent to an activating group) is 1. The van der Waals surface area contributed by atoms with Crippen molar-refractivity contribution in [1.82, 2.24) is 10.2 Å². The molecule has 0 bridgehead atoms. The first-order valence-electron chi connectivity index (χ1n) is 9.75. The normalized spacial score (nSPS) is 26.8. The highest BCUT2D eigenvalue weighted by Crippen LogP contribution is 2.36. The Morgan fingerprint density at radius 2 is 1.77 bits per heavy atom. The zero-order chi connectivity index (χ0) is 18.0. The monoisotopic (exact) mass is 354 g/mol. The van der Waals surface area contributed by atoms with E-state index in [1.54, 1.807) is 6.34 Å². The Kier molecular flexibility index (Phi) is 4.87. The Morgan fingerprint density at radius 1 is 1.00 bits per heavy atom. The summed E-state index contributed by atoms with van der Waals surface area (Å²) in [6, 6.07) is 6.74. The van der Waals surface area contributed by atoms with Gasteiger partial charge in [0.25, 0.3) is 0 Å². The third-order valence-corrected chi connectivity index (χ3v) is 5.76. The van der Waals surface area contributed by atoms with Crippen LogP contribution in [0.1, 0.15) is 24.8 Å². The maximum absolute atomic E-state index is 6.66. The summed E-state index contributed by atoms with van der Waals surface area (Å²) >= 11 is 0. The van der Waals surface area contributed by atoms with Crippen molar-refractivity contribution >= 4 is 17.7 Å². The molecule has 1 unspecified atom stereocenters. The first-order chi connectivity index (χ1) is 12.7. The van der Waals surface area contributed by atoms with Crippen molar-refractivity contribution in [2.75, 3.05) is 56.1 Å². The average molecular weight is 355 g/mol. The highest BCUT2D eigenvalue weighted by Gasteiger charge is 2.30. The Bertz CT molecular complexity index is 672. The van der Waals surface area contributed by atoms with E-state index in [0.717, 1.165) is 44.8 Å². The van der Waals surface area contributed by atoms with E-state index in [0.29, 0.717) is 0 Å². The number of anilines is 2. The van der Waals surface area contributed by atoms with Gasteiger partial charge in [0.05, 0.1) is 6.34 Å². The number of benzene rings is 1. The lowest BCUT2D eigenvalue weighted by molar-refractivity contribution is 0.313. The molecule has 0 saturated carbocycles. The van der Waals surface area contributed by atoms with Crippen LogP contribution in [0, 0.1) is 0 Å². The molecule has 0 radical (unpaired) electrons. The molecular weight excluding hydrogens is 324 g/mol. The molecule has 3 aliphatic heterocycles. The van der Waals surface area contributed by atoms with E-state index in [1.807, 2.05) is 12.3 Å². The number of nitrogens with zero attached hydrogens (tertiary/aromatic N) is 4. The maximum atomic E-state index is 6.66. The van der Waals surface area contributed by atoms with E-state index < -0.39 is 5.66 Å². The SMILES string of the molecule is CN1CCN(c2ccc(C3(N)C=CNC=N3)c(N3CCCCC3)c2)CC1. The van der Waals surface area contributed by atoms with E-state index in [9.17, 15) is 0 Å². The predicted octanol–water partition coefficient (Wildman–Crippen LogP) is 1.69. The topological polar surface area (TPSA) is 60.1 Å². The summed E-state index contributed by atoms with van der Waals surface area (Å²) < 4.78 is 0. The molecule has 140 valence electrons. The van der Waals surface area contributed by atoms with Crippen molar-refractivity contribution in [1.29, 1.82) is 0 Å². The fourth-order valence-corrected chi connectivity index (χ4v) is 4.08. The number of aliphatic imine (C=N–C) groups is 1. The van der Waals surface area contributed by atoms with Gasteiger partial charge in [-0.05, 0) is 44.5 Å². The molecule has 0 amide bonds. The van der Waals surface area contributed by atoms with Gasteiger partial charge in [-0.3, -0.25) is 5.73 Å². The number of hydrogen-bond acceptors (Lipinski definition) is 6. The maximum Gasteiger partial charge on any atom is 0.158 e. The van der Waals surface area contributed by atoms with Crippen LogP contribution in [-0.2, 0) is 5.66 Å². The molecule has 6 nitrogen and oxygen atoms in total. The van der Waals surface area contributed by atoms with Gasteiger partial charge in [-0.25, -0.2) is 4.99 Å². The van der Waals surface area contributed by atoms with Crippen molar-refractivity contribution in [3.8, 4) is 0 Å². The molecule has 3 N–H and O–H groups in total. The second kappa shape index (κ2) is 7.29. The standard InChI is InChI=1S/C20H30N6/c1-24-11-13-25(14-12-24)17-5-6-18(20(21)7-8-22-16-23-20)19(15-17)26-9-3-2-4-10-26/h5-8,15-16H,2-4,9-14,21H2,1H3,(H,22,23). The number of nitrogens with two attached hydrogens (primary N) is 1. The Morgan fingerprint density at radius 3 is 2.46 bits per heavy atom. The number of piperidine rings is 1. The first-order valence-corrected chi connectivity index (χ1v) is 9.75. The van der Waals surface area contributed by atoms with E-state index in [-0.39, 0.29) is 0 Å². The summed E-state index contributed by atoms with van der Waals surface area (Å²) in [7, 11) is 2.19. The van der Waals surface area contributed by atoms with Gasteiger partial charge in [0.1, 0.15) is 0 Å². The smallest absolute Gasteiger partial charge is 0.158 e. The van der Waals surface area contributed by atoms with Crippen molar-refractivity contribution < 1.29 is 0 Å². The van der Waals surface area contributed by atoms with Crippen LogP contribution in [0.2, 0.25) is 0 Å². The summed E-state index contributed by atoms with van der Waals surface area (Å²) in [4.78, 5) is 11.9. The lowest BCUT2D eigenvalue weighted by Crippen LogP contribution is -2.44. The zero-order valence-electron chi connectivity index (χ0n) is 15.7. The van der Waals surface area contributed by atoms with Gasteiger partial charge >= 0.3 is 0 Å². The van der Waals surface area contributed by atoms with E-state index >= 15 is 0 Å². The molecule has 0 aromatic heterocycles. The van der Waals surface area contributed by atoms with Gasteiger partial charge in [-0.15, -0.1) is 0 Å².